The highest BCUT2D eigenvalue weighted by molar-refractivity contribution is 7.90. The molecule has 0 atom stereocenters. The van der Waals surface area contributed by atoms with Crippen molar-refractivity contribution in [2.45, 2.75) is 11.3 Å². The molecule has 182 valence electrons. The summed E-state index contributed by atoms with van der Waals surface area (Å²) in [5, 5.41) is 2.14. The average Bonchev–Trinajstić information content (AvgIpc) is 2.92. The van der Waals surface area contributed by atoms with Crippen LogP contribution in [0.3, 0.4) is 0 Å². The van der Waals surface area contributed by atoms with E-state index in [4.69, 9.17) is 0 Å². The van der Waals surface area contributed by atoms with Crippen LogP contribution in [0.15, 0.2) is 108 Å². The number of carbonyl (C=O) groups excluding carboxylic acids is 1. The Morgan fingerprint density at radius 3 is 2.35 bits per heavy atom. The van der Waals surface area contributed by atoms with E-state index < -0.39 is 9.84 Å². The highest BCUT2D eigenvalue weighted by Crippen LogP contribution is 2.35. The number of fused-ring (bicyclic) bond motifs is 2. The molecule has 0 bridgehead atoms. The van der Waals surface area contributed by atoms with Crippen LogP contribution in [0.4, 0.5) is 5.69 Å². The third-order valence-electron chi connectivity index (χ3n) is 6.94. The summed E-state index contributed by atoms with van der Waals surface area (Å²) in [7, 11) is -3.37. The number of rotatable bonds is 4. The number of sulfone groups is 1. The first-order valence-corrected chi connectivity index (χ1v) is 14.0. The van der Waals surface area contributed by atoms with E-state index in [1.807, 2.05) is 60.8 Å². The number of aromatic nitrogens is 1. The highest BCUT2D eigenvalue weighted by Gasteiger charge is 2.28. The Bertz CT molecular complexity index is 1780. The molecule has 0 unspecified atom stereocenters. The Balaban J connectivity index is 1.37. The quantitative estimate of drug-likeness (QED) is 0.293. The lowest BCUT2D eigenvalue weighted by Gasteiger charge is -2.30. The van der Waals surface area contributed by atoms with E-state index in [2.05, 4.69) is 23.2 Å². The zero-order valence-corrected chi connectivity index (χ0v) is 21.1. The summed E-state index contributed by atoms with van der Waals surface area (Å²) in [5.74, 6) is -0.0348. The molecule has 2 heterocycles. The molecule has 5 nitrogen and oxygen atoms in total. The van der Waals surface area contributed by atoms with E-state index in [-0.39, 0.29) is 5.91 Å². The Morgan fingerprint density at radius 1 is 0.784 bits per heavy atom. The van der Waals surface area contributed by atoms with Crippen molar-refractivity contribution in [2.75, 3.05) is 17.7 Å². The van der Waals surface area contributed by atoms with Crippen molar-refractivity contribution in [3.05, 3.63) is 115 Å². The second kappa shape index (κ2) is 8.98. The number of amides is 1. The standard InChI is InChI=1S/C31H24N2O3S/c1-37(35,36)29-8-3-2-6-27(29)22-11-13-26(14-12-22)33-18-16-23-5-4-7-28(30(23)31(33)34)24-10-9-21-15-17-32-20-25(21)19-24/h2-15,17,19-20H,16,18H2,1H3. The molecule has 5 aromatic rings. The molecule has 0 fully saturated rings. The largest absolute Gasteiger partial charge is 0.308 e. The fraction of sp³-hybridized carbons (Fsp3) is 0.0968. The summed E-state index contributed by atoms with van der Waals surface area (Å²) in [4.78, 5) is 20.2. The van der Waals surface area contributed by atoms with Gasteiger partial charge in [-0.05, 0) is 64.4 Å². The first-order valence-electron chi connectivity index (χ1n) is 12.1. The topological polar surface area (TPSA) is 67.3 Å². The van der Waals surface area contributed by atoms with Gasteiger partial charge in [0.2, 0.25) is 0 Å². The van der Waals surface area contributed by atoms with E-state index in [1.165, 1.54) is 6.26 Å². The smallest absolute Gasteiger partial charge is 0.259 e. The molecule has 0 N–H and O–H groups in total. The van der Waals surface area contributed by atoms with Crippen molar-refractivity contribution >= 4 is 32.2 Å². The van der Waals surface area contributed by atoms with Crippen LogP contribution in [-0.2, 0) is 16.3 Å². The van der Waals surface area contributed by atoms with Crippen LogP contribution in [0.2, 0.25) is 0 Å². The number of benzene rings is 4. The van der Waals surface area contributed by atoms with Crippen LogP contribution >= 0.6 is 0 Å². The fourth-order valence-electron chi connectivity index (χ4n) is 5.12. The van der Waals surface area contributed by atoms with Crippen LogP contribution in [0.25, 0.3) is 33.0 Å². The van der Waals surface area contributed by atoms with E-state index in [9.17, 15) is 13.2 Å². The summed E-state index contributed by atoms with van der Waals surface area (Å²) in [6.07, 6.45) is 5.58. The summed E-state index contributed by atoms with van der Waals surface area (Å²) >= 11 is 0. The number of anilines is 1. The third-order valence-corrected chi connectivity index (χ3v) is 8.10. The van der Waals surface area contributed by atoms with E-state index in [0.29, 0.717) is 17.0 Å². The summed E-state index contributed by atoms with van der Waals surface area (Å²) in [6.45, 7) is 0.580. The Kier molecular flexibility index (Phi) is 5.61. The molecule has 0 saturated carbocycles. The van der Waals surface area contributed by atoms with Gasteiger partial charge in [0.05, 0.1) is 10.5 Å². The van der Waals surface area contributed by atoms with Crippen molar-refractivity contribution in [1.29, 1.82) is 0 Å². The molecular formula is C31H24N2O3S. The molecule has 0 aliphatic carbocycles. The maximum atomic E-state index is 13.8. The van der Waals surface area contributed by atoms with Crippen LogP contribution in [0.5, 0.6) is 0 Å². The SMILES string of the molecule is CS(=O)(=O)c1ccccc1-c1ccc(N2CCc3cccc(-c4ccc5ccncc5c4)c3C2=O)cc1. The first-order chi connectivity index (χ1) is 17.9. The van der Waals surface area contributed by atoms with Crippen molar-refractivity contribution in [2.24, 2.45) is 0 Å². The zero-order chi connectivity index (χ0) is 25.6. The molecule has 0 radical (unpaired) electrons. The Labute approximate surface area is 216 Å². The maximum Gasteiger partial charge on any atom is 0.259 e. The van der Waals surface area contributed by atoms with Gasteiger partial charge in [-0.1, -0.05) is 60.7 Å². The lowest BCUT2D eigenvalue weighted by atomic mass is 9.89. The van der Waals surface area contributed by atoms with Crippen LogP contribution < -0.4 is 4.90 Å². The molecule has 0 saturated heterocycles. The first kappa shape index (κ1) is 23.1. The second-order valence-electron chi connectivity index (χ2n) is 9.30. The molecule has 4 aromatic carbocycles. The molecule has 6 rings (SSSR count). The third kappa shape index (κ3) is 4.19. The normalized spacial score (nSPS) is 13.5. The van der Waals surface area contributed by atoms with Crippen LogP contribution in [0.1, 0.15) is 15.9 Å². The number of hydrogen-bond donors (Lipinski definition) is 0. The van der Waals surface area contributed by atoms with E-state index >= 15 is 0 Å². The Hall–Kier alpha value is -4.29. The van der Waals surface area contributed by atoms with Gasteiger partial charge in [0.15, 0.2) is 9.84 Å². The van der Waals surface area contributed by atoms with Crippen LogP contribution in [-0.4, -0.2) is 32.1 Å². The molecule has 1 aliphatic rings. The van der Waals surface area contributed by atoms with Gasteiger partial charge < -0.3 is 4.90 Å². The van der Waals surface area contributed by atoms with Crippen molar-refractivity contribution in [3.63, 3.8) is 0 Å². The molecule has 6 heteroatoms. The highest BCUT2D eigenvalue weighted by atomic mass is 32.2. The van der Waals surface area contributed by atoms with Gasteiger partial charge in [0, 0.05) is 41.8 Å². The van der Waals surface area contributed by atoms with Crippen molar-refractivity contribution in [3.8, 4) is 22.3 Å². The van der Waals surface area contributed by atoms with Gasteiger partial charge in [-0.15, -0.1) is 0 Å². The van der Waals surface area contributed by atoms with Gasteiger partial charge in [0.25, 0.3) is 5.91 Å². The second-order valence-corrected chi connectivity index (χ2v) is 11.3. The molecule has 1 aliphatic heterocycles. The van der Waals surface area contributed by atoms with Gasteiger partial charge in [0.1, 0.15) is 0 Å². The number of nitrogens with zero attached hydrogens (tertiary/aromatic N) is 2. The fourth-order valence-corrected chi connectivity index (χ4v) is 6.03. The number of pyridine rings is 1. The summed E-state index contributed by atoms with van der Waals surface area (Å²) < 4.78 is 24.5. The lowest BCUT2D eigenvalue weighted by molar-refractivity contribution is 0.0981. The monoisotopic (exact) mass is 504 g/mol. The molecule has 0 spiro atoms. The number of carbonyl (C=O) groups is 1. The van der Waals surface area contributed by atoms with Crippen LogP contribution in [0, 0.1) is 0 Å². The minimum atomic E-state index is -3.37. The van der Waals surface area contributed by atoms with Gasteiger partial charge >= 0.3 is 0 Å². The predicted molar refractivity (Wildman–Crippen MR) is 148 cm³/mol. The van der Waals surface area contributed by atoms with Gasteiger partial charge in [-0.2, -0.15) is 0 Å². The molecular weight excluding hydrogens is 480 g/mol. The molecule has 1 amide bonds. The zero-order valence-electron chi connectivity index (χ0n) is 20.3. The molecule has 37 heavy (non-hydrogen) atoms. The minimum absolute atomic E-state index is 0.0348. The Morgan fingerprint density at radius 2 is 1.54 bits per heavy atom. The summed E-state index contributed by atoms with van der Waals surface area (Å²) in [6, 6.07) is 28.7. The maximum absolute atomic E-state index is 13.8. The van der Waals surface area contributed by atoms with Crippen molar-refractivity contribution < 1.29 is 13.2 Å². The number of hydrogen-bond acceptors (Lipinski definition) is 4. The van der Waals surface area contributed by atoms with Gasteiger partial charge in [-0.25, -0.2) is 8.42 Å². The summed E-state index contributed by atoms with van der Waals surface area (Å²) in [5.41, 5.74) is 5.90. The van der Waals surface area contributed by atoms with Crippen molar-refractivity contribution in [1.82, 2.24) is 4.98 Å². The molecule has 1 aromatic heterocycles. The average molecular weight is 505 g/mol. The predicted octanol–water partition coefficient (Wildman–Crippen LogP) is 6.18. The lowest BCUT2D eigenvalue weighted by Crippen LogP contribution is -2.38. The van der Waals surface area contributed by atoms with Gasteiger partial charge in [-0.3, -0.25) is 9.78 Å². The van der Waals surface area contributed by atoms with E-state index in [0.717, 1.165) is 50.7 Å². The minimum Gasteiger partial charge on any atom is -0.308 e. The van der Waals surface area contributed by atoms with E-state index in [1.54, 1.807) is 29.3 Å².